The number of fused-ring (bicyclic) bond motifs is 1. The maximum absolute atomic E-state index is 12.3. The van der Waals surface area contributed by atoms with Crippen LogP contribution in [0.1, 0.15) is 18.1 Å². The van der Waals surface area contributed by atoms with Crippen molar-refractivity contribution in [3.05, 3.63) is 69.3 Å². The second-order valence-corrected chi connectivity index (χ2v) is 7.52. The molecule has 3 N–H and O–H groups in total. The third kappa shape index (κ3) is 4.57. The van der Waals surface area contributed by atoms with Crippen molar-refractivity contribution in [2.45, 2.75) is 19.9 Å². The van der Waals surface area contributed by atoms with Gasteiger partial charge in [-0.25, -0.2) is 5.43 Å². The van der Waals surface area contributed by atoms with Gasteiger partial charge < -0.3 is 10.4 Å². The van der Waals surface area contributed by atoms with Crippen LogP contribution in [0, 0.1) is 10.5 Å². The number of hydrazone groups is 1. The maximum Gasteiger partial charge on any atom is 0.262 e. The predicted octanol–water partition coefficient (Wildman–Crippen LogP) is 4.41. The van der Waals surface area contributed by atoms with Gasteiger partial charge in [-0.3, -0.25) is 4.79 Å². The molecule has 3 aromatic rings. The lowest BCUT2D eigenvalue weighted by Crippen LogP contribution is -2.35. The number of anilines is 1. The summed E-state index contributed by atoms with van der Waals surface area (Å²) in [6.45, 7) is 3.77. The number of benzene rings is 3. The molecular formula is C21H20IN3O2. The molecule has 0 radical (unpaired) electrons. The van der Waals surface area contributed by atoms with Crippen molar-refractivity contribution in [2.24, 2.45) is 5.10 Å². The first-order valence-electron chi connectivity index (χ1n) is 8.52. The molecule has 0 heterocycles. The first-order chi connectivity index (χ1) is 13.0. The Bertz CT molecular complexity index is 1020. The van der Waals surface area contributed by atoms with Gasteiger partial charge in [-0.05, 0) is 77.0 Å². The number of aromatic hydroxyl groups is 1. The van der Waals surface area contributed by atoms with Crippen LogP contribution in [0.2, 0.25) is 0 Å². The fraction of sp³-hybridized carbons (Fsp3) is 0.143. The Kier molecular flexibility index (Phi) is 5.95. The van der Waals surface area contributed by atoms with E-state index >= 15 is 0 Å². The molecule has 5 nitrogen and oxygen atoms in total. The smallest absolute Gasteiger partial charge is 0.262 e. The number of halogens is 1. The van der Waals surface area contributed by atoms with E-state index in [4.69, 9.17) is 0 Å². The van der Waals surface area contributed by atoms with Crippen LogP contribution in [0.25, 0.3) is 10.8 Å². The van der Waals surface area contributed by atoms with Crippen molar-refractivity contribution in [3.8, 4) is 5.75 Å². The molecule has 6 heteroatoms. The number of rotatable bonds is 5. The van der Waals surface area contributed by atoms with Crippen molar-refractivity contribution in [2.75, 3.05) is 5.32 Å². The molecule has 0 saturated heterocycles. The number of carbonyl (C=O) groups is 1. The topological polar surface area (TPSA) is 73.7 Å². The molecule has 0 aliphatic heterocycles. The molecule has 0 fully saturated rings. The first kappa shape index (κ1) is 19.2. The number of nitrogens with zero attached hydrogens (tertiary/aromatic N) is 1. The summed E-state index contributed by atoms with van der Waals surface area (Å²) in [4.78, 5) is 12.3. The molecule has 1 amide bonds. The Balaban J connectivity index is 1.69. The van der Waals surface area contributed by atoms with Gasteiger partial charge in [0, 0.05) is 14.8 Å². The monoisotopic (exact) mass is 473 g/mol. The van der Waals surface area contributed by atoms with Crippen LogP contribution < -0.4 is 10.7 Å². The highest BCUT2D eigenvalue weighted by Crippen LogP contribution is 2.25. The number of nitrogens with one attached hydrogen (secondary N) is 2. The van der Waals surface area contributed by atoms with E-state index in [-0.39, 0.29) is 11.7 Å². The van der Waals surface area contributed by atoms with Crippen molar-refractivity contribution < 1.29 is 9.90 Å². The highest BCUT2D eigenvalue weighted by Gasteiger charge is 2.13. The second-order valence-electron chi connectivity index (χ2n) is 6.28. The third-order valence-corrected chi connectivity index (χ3v) is 4.94. The Hall–Kier alpha value is -2.61. The molecule has 0 bridgehead atoms. The summed E-state index contributed by atoms with van der Waals surface area (Å²) >= 11 is 2.25. The summed E-state index contributed by atoms with van der Waals surface area (Å²) in [5.74, 6) is -0.142. The summed E-state index contributed by atoms with van der Waals surface area (Å²) in [6, 6.07) is 16.7. The van der Waals surface area contributed by atoms with Crippen molar-refractivity contribution in [1.29, 1.82) is 0 Å². The minimum absolute atomic E-state index is 0.118. The van der Waals surface area contributed by atoms with Gasteiger partial charge in [0.15, 0.2) is 0 Å². The van der Waals surface area contributed by atoms with E-state index in [9.17, 15) is 9.90 Å². The largest absolute Gasteiger partial charge is 0.507 e. The zero-order valence-corrected chi connectivity index (χ0v) is 17.2. The highest BCUT2D eigenvalue weighted by atomic mass is 127. The highest BCUT2D eigenvalue weighted by molar-refractivity contribution is 14.1. The summed E-state index contributed by atoms with van der Waals surface area (Å²) in [6.07, 6.45) is 1.47. The fourth-order valence-electron chi connectivity index (χ4n) is 2.76. The lowest BCUT2D eigenvalue weighted by molar-refractivity contribution is -0.121. The maximum atomic E-state index is 12.3. The lowest BCUT2D eigenvalue weighted by atomic mass is 10.0. The summed E-state index contributed by atoms with van der Waals surface area (Å²) in [7, 11) is 0. The van der Waals surface area contributed by atoms with Crippen LogP contribution >= 0.6 is 22.6 Å². The first-order valence-corrected chi connectivity index (χ1v) is 9.60. The Labute approximate surface area is 171 Å². The number of hydrogen-bond acceptors (Lipinski definition) is 4. The van der Waals surface area contributed by atoms with Gasteiger partial charge in [0.25, 0.3) is 5.91 Å². The van der Waals surface area contributed by atoms with Gasteiger partial charge in [0.05, 0.1) is 6.21 Å². The van der Waals surface area contributed by atoms with Gasteiger partial charge in [0.2, 0.25) is 0 Å². The van der Waals surface area contributed by atoms with Gasteiger partial charge >= 0.3 is 0 Å². The average Bonchev–Trinajstić information content (AvgIpc) is 2.65. The molecular weight excluding hydrogens is 453 g/mol. The zero-order valence-electron chi connectivity index (χ0n) is 15.0. The minimum Gasteiger partial charge on any atom is -0.507 e. The Morgan fingerprint density at radius 2 is 1.96 bits per heavy atom. The number of aryl methyl sites for hydroxylation is 1. The van der Waals surface area contributed by atoms with Crippen LogP contribution in [0.4, 0.5) is 5.69 Å². The summed E-state index contributed by atoms with van der Waals surface area (Å²) < 4.78 is 1.15. The molecule has 1 atom stereocenters. The number of hydrogen-bond donors (Lipinski definition) is 3. The second kappa shape index (κ2) is 8.39. The van der Waals surface area contributed by atoms with Crippen LogP contribution in [0.15, 0.2) is 59.7 Å². The van der Waals surface area contributed by atoms with Crippen LogP contribution in [0.3, 0.4) is 0 Å². The van der Waals surface area contributed by atoms with Crippen molar-refractivity contribution in [3.63, 3.8) is 0 Å². The molecule has 138 valence electrons. The standard InChI is InChI=1S/C21H20IN3O2/c1-13-11-16(22)8-9-19(13)24-14(2)21(27)25-23-12-18-17-6-4-3-5-15(17)7-10-20(18)26/h3-12,14,24,26H,1-2H3,(H,25,27)/b23-12-/t14-/m0/s1. The molecule has 3 aromatic carbocycles. The van der Waals surface area contributed by atoms with E-state index in [1.54, 1.807) is 13.0 Å². The van der Waals surface area contributed by atoms with Crippen LogP contribution in [-0.4, -0.2) is 23.3 Å². The molecule has 0 saturated carbocycles. The fourth-order valence-corrected chi connectivity index (χ4v) is 3.41. The summed E-state index contributed by atoms with van der Waals surface area (Å²) in [5, 5.41) is 19.2. The van der Waals surface area contributed by atoms with E-state index in [1.807, 2.05) is 49.4 Å². The van der Waals surface area contributed by atoms with E-state index < -0.39 is 6.04 Å². The molecule has 27 heavy (non-hydrogen) atoms. The SMILES string of the molecule is Cc1cc(I)ccc1N[C@@H](C)C(=O)N/N=C\c1c(O)ccc2ccccc12. The van der Waals surface area contributed by atoms with Crippen molar-refractivity contribution >= 4 is 51.2 Å². The van der Waals surface area contributed by atoms with Gasteiger partial charge in [-0.15, -0.1) is 0 Å². The molecule has 0 spiro atoms. The minimum atomic E-state index is -0.456. The van der Waals surface area contributed by atoms with E-state index in [2.05, 4.69) is 44.5 Å². The molecule has 0 aromatic heterocycles. The van der Waals surface area contributed by atoms with Crippen molar-refractivity contribution in [1.82, 2.24) is 5.43 Å². The van der Waals surface area contributed by atoms with Gasteiger partial charge in [-0.1, -0.05) is 30.3 Å². The number of phenolic OH excluding ortho intramolecular Hbond substituents is 1. The predicted molar refractivity (Wildman–Crippen MR) is 118 cm³/mol. The van der Waals surface area contributed by atoms with E-state index in [0.717, 1.165) is 25.6 Å². The molecule has 0 aliphatic carbocycles. The molecule has 3 rings (SSSR count). The van der Waals surface area contributed by atoms with E-state index in [1.165, 1.54) is 6.21 Å². The third-order valence-electron chi connectivity index (χ3n) is 4.27. The zero-order chi connectivity index (χ0) is 19.4. The summed E-state index contributed by atoms with van der Waals surface area (Å²) in [5.41, 5.74) is 5.09. The Morgan fingerprint density at radius 3 is 2.74 bits per heavy atom. The van der Waals surface area contributed by atoms with Gasteiger partial charge in [0.1, 0.15) is 11.8 Å². The average molecular weight is 473 g/mol. The molecule has 0 unspecified atom stereocenters. The lowest BCUT2D eigenvalue weighted by Gasteiger charge is -2.15. The normalized spacial score (nSPS) is 12.3. The van der Waals surface area contributed by atoms with Crippen LogP contribution in [-0.2, 0) is 4.79 Å². The quantitative estimate of drug-likeness (QED) is 0.292. The Morgan fingerprint density at radius 1 is 1.19 bits per heavy atom. The van der Waals surface area contributed by atoms with Gasteiger partial charge in [-0.2, -0.15) is 5.10 Å². The van der Waals surface area contributed by atoms with Crippen LogP contribution in [0.5, 0.6) is 5.75 Å². The number of carbonyl (C=O) groups excluding carboxylic acids is 1. The number of phenols is 1. The molecule has 0 aliphatic rings. The number of amides is 1. The van der Waals surface area contributed by atoms with E-state index in [0.29, 0.717) is 5.56 Å².